The average molecular weight is 256 g/mol. The fourth-order valence-corrected chi connectivity index (χ4v) is 2.14. The van der Waals surface area contributed by atoms with Crippen molar-refractivity contribution in [2.24, 2.45) is 0 Å². The molecule has 0 atom stereocenters. The van der Waals surface area contributed by atoms with Gasteiger partial charge in [-0.1, -0.05) is 29.8 Å². The van der Waals surface area contributed by atoms with Crippen molar-refractivity contribution < 1.29 is 14.3 Å². The Morgan fingerprint density at radius 2 is 1.79 bits per heavy atom. The van der Waals surface area contributed by atoms with Gasteiger partial charge in [0.2, 0.25) is 0 Å². The summed E-state index contributed by atoms with van der Waals surface area (Å²) >= 11 is 0. The molecule has 0 N–H and O–H groups in total. The molecule has 0 aliphatic carbocycles. The molecule has 0 aliphatic heterocycles. The zero-order valence-electron chi connectivity index (χ0n) is 11.3. The van der Waals surface area contributed by atoms with Crippen molar-refractivity contribution in [3.63, 3.8) is 0 Å². The van der Waals surface area contributed by atoms with Gasteiger partial charge in [0.05, 0.1) is 6.61 Å². The normalized spacial score (nSPS) is 10.5. The van der Waals surface area contributed by atoms with Crippen molar-refractivity contribution in [2.75, 3.05) is 6.61 Å². The minimum absolute atomic E-state index is 0.205. The molecule has 3 heteroatoms. The summed E-state index contributed by atoms with van der Waals surface area (Å²) in [4.78, 5) is 23.5. The van der Waals surface area contributed by atoms with E-state index in [1.54, 1.807) is 13.0 Å². The number of ketones is 1. The maximum absolute atomic E-state index is 12.0. The van der Waals surface area contributed by atoms with E-state index in [0.717, 1.165) is 21.9 Å². The van der Waals surface area contributed by atoms with Crippen molar-refractivity contribution in [1.29, 1.82) is 0 Å². The van der Waals surface area contributed by atoms with Gasteiger partial charge in [0.25, 0.3) is 5.78 Å². The topological polar surface area (TPSA) is 43.4 Å². The van der Waals surface area contributed by atoms with Crippen LogP contribution < -0.4 is 0 Å². The van der Waals surface area contributed by atoms with E-state index in [9.17, 15) is 9.59 Å². The molecular formula is C16H16O3. The van der Waals surface area contributed by atoms with Gasteiger partial charge >= 0.3 is 5.97 Å². The first-order valence-electron chi connectivity index (χ1n) is 6.26. The van der Waals surface area contributed by atoms with E-state index < -0.39 is 11.8 Å². The van der Waals surface area contributed by atoms with Gasteiger partial charge < -0.3 is 4.74 Å². The molecule has 0 amide bonds. The number of hydrogen-bond donors (Lipinski definition) is 0. The van der Waals surface area contributed by atoms with Crippen LogP contribution in [0.4, 0.5) is 0 Å². The number of hydrogen-bond acceptors (Lipinski definition) is 3. The van der Waals surface area contributed by atoms with Crippen molar-refractivity contribution >= 4 is 22.5 Å². The second kappa shape index (κ2) is 5.22. The zero-order valence-corrected chi connectivity index (χ0v) is 11.3. The Bertz CT molecular complexity index is 656. The van der Waals surface area contributed by atoms with Gasteiger partial charge in [-0.05, 0) is 43.2 Å². The summed E-state index contributed by atoms with van der Waals surface area (Å²) in [6.45, 7) is 5.74. The van der Waals surface area contributed by atoms with Gasteiger partial charge in [0.15, 0.2) is 0 Å². The molecule has 0 aliphatic rings. The molecular weight excluding hydrogens is 240 g/mol. The third kappa shape index (κ3) is 2.50. The molecule has 0 radical (unpaired) electrons. The minimum Gasteiger partial charge on any atom is -0.460 e. The van der Waals surface area contributed by atoms with Crippen molar-refractivity contribution in [2.45, 2.75) is 20.8 Å². The van der Waals surface area contributed by atoms with E-state index in [2.05, 4.69) is 0 Å². The number of esters is 1. The summed E-state index contributed by atoms with van der Waals surface area (Å²) < 4.78 is 4.76. The van der Waals surface area contributed by atoms with Crippen LogP contribution in [0, 0.1) is 13.8 Å². The van der Waals surface area contributed by atoms with Crippen LogP contribution in [0.2, 0.25) is 0 Å². The summed E-state index contributed by atoms with van der Waals surface area (Å²) in [5.41, 5.74) is 2.35. The lowest BCUT2D eigenvalue weighted by atomic mass is 9.96. The van der Waals surface area contributed by atoms with Crippen molar-refractivity contribution in [1.82, 2.24) is 0 Å². The summed E-state index contributed by atoms with van der Waals surface area (Å²) in [5.74, 6) is -1.37. The molecule has 3 nitrogen and oxygen atoms in total. The molecule has 19 heavy (non-hydrogen) atoms. The van der Waals surface area contributed by atoms with Gasteiger partial charge in [0.1, 0.15) is 0 Å². The van der Waals surface area contributed by atoms with Crippen LogP contribution in [-0.2, 0) is 9.53 Å². The molecule has 0 fully saturated rings. The SMILES string of the molecule is CCOC(=O)C(=O)c1ccc2ccc(C)cc2c1C. The number of fused-ring (bicyclic) bond motifs is 1. The predicted molar refractivity (Wildman–Crippen MR) is 74.4 cm³/mol. The molecule has 0 bridgehead atoms. The first-order valence-corrected chi connectivity index (χ1v) is 6.26. The third-order valence-electron chi connectivity index (χ3n) is 3.15. The molecule has 98 valence electrons. The monoisotopic (exact) mass is 256 g/mol. The van der Waals surface area contributed by atoms with Crippen LogP contribution in [0.1, 0.15) is 28.4 Å². The fraction of sp³-hybridized carbons (Fsp3) is 0.250. The van der Waals surface area contributed by atoms with Gasteiger partial charge in [-0.15, -0.1) is 0 Å². The van der Waals surface area contributed by atoms with Crippen LogP contribution in [0.25, 0.3) is 10.8 Å². The average Bonchev–Trinajstić information content (AvgIpc) is 2.39. The molecule has 2 rings (SSSR count). The van der Waals surface area contributed by atoms with Gasteiger partial charge in [-0.25, -0.2) is 4.79 Å². The Hall–Kier alpha value is -2.16. The lowest BCUT2D eigenvalue weighted by Crippen LogP contribution is -2.18. The van der Waals surface area contributed by atoms with E-state index in [-0.39, 0.29) is 6.61 Å². The molecule has 2 aromatic rings. The quantitative estimate of drug-likeness (QED) is 0.481. The third-order valence-corrected chi connectivity index (χ3v) is 3.15. The second-order valence-corrected chi connectivity index (χ2v) is 4.51. The fourth-order valence-electron chi connectivity index (χ4n) is 2.14. The van der Waals surface area contributed by atoms with E-state index >= 15 is 0 Å². The number of Topliss-reactive ketones (excluding diaryl/α,β-unsaturated/α-hetero) is 1. The Kier molecular flexibility index (Phi) is 3.65. The molecule has 0 unspecified atom stereocenters. The molecule has 2 aromatic carbocycles. The Morgan fingerprint density at radius 3 is 2.47 bits per heavy atom. The number of benzene rings is 2. The molecule has 0 spiro atoms. The second-order valence-electron chi connectivity index (χ2n) is 4.51. The van der Waals surface area contributed by atoms with E-state index in [0.29, 0.717) is 5.56 Å². The first-order chi connectivity index (χ1) is 9.04. The lowest BCUT2D eigenvalue weighted by molar-refractivity contribution is -0.137. The molecule has 0 saturated carbocycles. The highest BCUT2D eigenvalue weighted by molar-refractivity contribution is 6.41. The van der Waals surface area contributed by atoms with Crippen LogP contribution in [0.5, 0.6) is 0 Å². The van der Waals surface area contributed by atoms with Crippen molar-refractivity contribution in [3.8, 4) is 0 Å². The Morgan fingerprint density at radius 1 is 1.11 bits per heavy atom. The number of aryl methyl sites for hydroxylation is 2. The Balaban J connectivity index is 2.53. The number of carbonyl (C=O) groups is 2. The lowest BCUT2D eigenvalue weighted by Gasteiger charge is -2.09. The zero-order chi connectivity index (χ0) is 14.0. The smallest absolute Gasteiger partial charge is 0.379 e. The predicted octanol–water partition coefficient (Wildman–Crippen LogP) is 3.20. The molecule has 0 heterocycles. The minimum atomic E-state index is -0.794. The van der Waals surface area contributed by atoms with E-state index in [4.69, 9.17) is 4.74 Å². The van der Waals surface area contributed by atoms with Crippen LogP contribution in [0.3, 0.4) is 0 Å². The number of ether oxygens (including phenoxy) is 1. The highest BCUT2D eigenvalue weighted by Crippen LogP contribution is 2.23. The summed E-state index contributed by atoms with van der Waals surface area (Å²) in [6.07, 6.45) is 0. The standard InChI is InChI=1S/C16H16O3/c1-4-19-16(18)15(17)13-8-7-12-6-5-10(2)9-14(12)11(13)3/h5-9H,4H2,1-3H3. The van der Waals surface area contributed by atoms with Crippen LogP contribution >= 0.6 is 0 Å². The largest absolute Gasteiger partial charge is 0.460 e. The molecule has 0 saturated heterocycles. The van der Waals surface area contributed by atoms with Crippen molar-refractivity contribution in [3.05, 3.63) is 47.0 Å². The van der Waals surface area contributed by atoms with Crippen LogP contribution in [-0.4, -0.2) is 18.4 Å². The van der Waals surface area contributed by atoms with Crippen LogP contribution in [0.15, 0.2) is 30.3 Å². The maximum atomic E-state index is 12.0. The summed E-state index contributed by atoms with van der Waals surface area (Å²) in [6, 6.07) is 9.60. The van der Waals surface area contributed by atoms with E-state index in [1.165, 1.54) is 0 Å². The van der Waals surface area contributed by atoms with Gasteiger partial charge in [-0.2, -0.15) is 0 Å². The summed E-state index contributed by atoms with van der Waals surface area (Å²) in [7, 11) is 0. The van der Waals surface area contributed by atoms with E-state index in [1.807, 2.05) is 38.1 Å². The van der Waals surface area contributed by atoms with Gasteiger partial charge in [0, 0.05) is 5.56 Å². The number of rotatable bonds is 3. The Labute approximate surface area is 112 Å². The number of carbonyl (C=O) groups excluding carboxylic acids is 2. The van der Waals surface area contributed by atoms with Gasteiger partial charge in [-0.3, -0.25) is 4.79 Å². The first kappa shape index (κ1) is 13.3. The maximum Gasteiger partial charge on any atom is 0.379 e. The highest BCUT2D eigenvalue weighted by Gasteiger charge is 2.20. The summed E-state index contributed by atoms with van der Waals surface area (Å²) in [5, 5.41) is 2.05. The molecule has 0 aromatic heterocycles. The highest BCUT2D eigenvalue weighted by atomic mass is 16.5.